The highest BCUT2D eigenvalue weighted by molar-refractivity contribution is 6.09. The molecular formula is C21H28N2O2. The summed E-state index contributed by atoms with van der Waals surface area (Å²) in [6.07, 6.45) is 5.19. The molecule has 0 bridgehead atoms. The van der Waals surface area contributed by atoms with Gasteiger partial charge in [-0.15, -0.1) is 0 Å². The fraction of sp³-hybridized carbons (Fsp3) is 0.524. The Morgan fingerprint density at radius 3 is 2.40 bits per heavy atom. The Labute approximate surface area is 149 Å². The number of amides is 1. The maximum absolute atomic E-state index is 13.0. The van der Waals surface area contributed by atoms with Gasteiger partial charge in [-0.2, -0.15) is 0 Å². The molecular weight excluding hydrogens is 312 g/mol. The Balaban J connectivity index is 1.94. The van der Waals surface area contributed by atoms with Gasteiger partial charge in [0.25, 0.3) is 0 Å². The third kappa shape index (κ3) is 3.35. The summed E-state index contributed by atoms with van der Waals surface area (Å²) >= 11 is 0. The largest absolute Gasteiger partial charge is 0.337 e. The van der Waals surface area contributed by atoms with E-state index in [0.717, 1.165) is 29.3 Å². The van der Waals surface area contributed by atoms with Gasteiger partial charge in [-0.1, -0.05) is 32.0 Å². The van der Waals surface area contributed by atoms with Crippen molar-refractivity contribution in [2.24, 2.45) is 5.92 Å². The van der Waals surface area contributed by atoms with Crippen molar-refractivity contribution >= 4 is 22.6 Å². The Morgan fingerprint density at radius 2 is 1.76 bits per heavy atom. The van der Waals surface area contributed by atoms with Crippen LogP contribution in [0.5, 0.6) is 0 Å². The van der Waals surface area contributed by atoms with E-state index in [4.69, 9.17) is 0 Å². The third-order valence-corrected chi connectivity index (χ3v) is 5.37. The zero-order chi connectivity index (χ0) is 18.1. The first-order chi connectivity index (χ1) is 11.9. The molecule has 4 nitrogen and oxygen atoms in total. The number of likely N-dealkylation sites (tertiary alicyclic amines) is 1. The number of ketones is 1. The summed E-state index contributed by atoms with van der Waals surface area (Å²) in [7, 11) is 0. The molecule has 0 N–H and O–H groups in total. The second-order valence-electron chi connectivity index (χ2n) is 7.64. The number of hydrogen-bond acceptors (Lipinski definition) is 2. The molecule has 1 aromatic heterocycles. The minimum absolute atomic E-state index is 0.0582. The van der Waals surface area contributed by atoms with Gasteiger partial charge in [0.15, 0.2) is 5.78 Å². The summed E-state index contributed by atoms with van der Waals surface area (Å²) in [4.78, 5) is 27.5. The van der Waals surface area contributed by atoms with Crippen molar-refractivity contribution in [3.8, 4) is 0 Å². The number of benzene rings is 1. The fourth-order valence-electron chi connectivity index (χ4n) is 4.03. The zero-order valence-corrected chi connectivity index (χ0v) is 15.7. The first-order valence-electron chi connectivity index (χ1n) is 9.33. The maximum atomic E-state index is 13.0. The van der Waals surface area contributed by atoms with Gasteiger partial charge in [-0.3, -0.25) is 9.59 Å². The number of nitrogens with zero attached hydrogens (tertiary/aromatic N) is 2. The van der Waals surface area contributed by atoms with Crippen molar-refractivity contribution < 1.29 is 9.59 Å². The molecule has 0 spiro atoms. The van der Waals surface area contributed by atoms with Gasteiger partial charge in [-0.25, -0.2) is 0 Å². The first kappa shape index (κ1) is 17.7. The van der Waals surface area contributed by atoms with Gasteiger partial charge in [0.2, 0.25) is 5.91 Å². The van der Waals surface area contributed by atoms with Crippen molar-refractivity contribution in [2.75, 3.05) is 0 Å². The van der Waals surface area contributed by atoms with E-state index in [-0.39, 0.29) is 29.7 Å². The van der Waals surface area contributed by atoms with E-state index in [1.165, 1.54) is 6.42 Å². The van der Waals surface area contributed by atoms with Crippen LogP contribution in [0.15, 0.2) is 30.5 Å². The molecule has 2 atom stereocenters. The van der Waals surface area contributed by atoms with E-state index in [9.17, 15) is 9.59 Å². The van der Waals surface area contributed by atoms with Crippen LogP contribution in [0, 0.1) is 5.92 Å². The Bertz CT molecular complexity index is 780. The molecule has 2 heterocycles. The summed E-state index contributed by atoms with van der Waals surface area (Å²) < 4.78 is 1.95. The Hall–Kier alpha value is -2.10. The van der Waals surface area contributed by atoms with Crippen molar-refractivity contribution in [2.45, 2.75) is 65.6 Å². The van der Waals surface area contributed by atoms with Crippen molar-refractivity contribution in [1.82, 2.24) is 9.47 Å². The lowest BCUT2D eigenvalue weighted by molar-refractivity contribution is -0.137. The summed E-state index contributed by atoms with van der Waals surface area (Å²) in [6, 6.07) is 8.44. The van der Waals surface area contributed by atoms with Gasteiger partial charge in [0, 0.05) is 40.7 Å². The normalized spacial score (nSPS) is 21.1. The van der Waals surface area contributed by atoms with Gasteiger partial charge >= 0.3 is 0 Å². The number of aromatic nitrogens is 1. The van der Waals surface area contributed by atoms with E-state index in [1.807, 2.05) is 53.8 Å². The number of para-hydroxylation sites is 1. The third-order valence-electron chi connectivity index (χ3n) is 5.37. The predicted molar refractivity (Wildman–Crippen MR) is 101 cm³/mol. The van der Waals surface area contributed by atoms with E-state index in [0.29, 0.717) is 6.54 Å². The molecule has 4 heteroatoms. The van der Waals surface area contributed by atoms with Crippen molar-refractivity contribution in [1.29, 1.82) is 0 Å². The average molecular weight is 340 g/mol. The molecule has 1 saturated heterocycles. The highest BCUT2D eigenvalue weighted by Crippen LogP contribution is 2.26. The van der Waals surface area contributed by atoms with Crippen LogP contribution < -0.4 is 0 Å². The molecule has 1 amide bonds. The first-order valence-corrected chi connectivity index (χ1v) is 9.33. The summed E-state index contributed by atoms with van der Waals surface area (Å²) in [5.74, 6) is 0.211. The van der Waals surface area contributed by atoms with Crippen LogP contribution in [0.4, 0.5) is 0 Å². The highest BCUT2D eigenvalue weighted by Gasteiger charge is 2.29. The van der Waals surface area contributed by atoms with Gasteiger partial charge in [-0.05, 0) is 39.2 Å². The van der Waals surface area contributed by atoms with Crippen LogP contribution in [0.25, 0.3) is 10.9 Å². The van der Waals surface area contributed by atoms with Crippen molar-refractivity contribution in [3.63, 3.8) is 0 Å². The highest BCUT2D eigenvalue weighted by atomic mass is 16.2. The molecule has 0 aliphatic carbocycles. The number of piperidine rings is 1. The quantitative estimate of drug-likeness (QED) is 0.780. The molecule has 0 radical (unpaired) electrons. The SMILES string of the molecule is CC(C)C(=O)c1cn(CC(=O)N2[C@H](C)CCC[C@H]2C)c2ccccc12. The number of carbonyl (C=O) groups excluding carboxylic acids is 2. The molecule has 1 aromatic carbocycles. The van der Waals surface area contributed by atoms with Crippen LogP contribution in [0.2, 0.25) is 0 Å². The zero-order valence-electron chi connectivity index (χ0n) is 15.7. The fourth-order valence-corrected chi connectivity index (χ4v) is 4.03. The molecule has 0 unspecified atom stereocenters. The van der Waals surface area contributed by atoms with Crippen molar-refractivity contribution in [3.05, 3.63) is 36.0 Å². The van der Waals surface area contributed by atoms with Gasteiger partial charge < -0.3 is 9.47 Å². The molecule has 1 aliphatic rings. The predicted octanol–water partition coefficient (Wildman–Crippen LogP) is 4.27. The summed E-state index contributed by atoms with van der Waals surface area (Å²) in [5.41, 5.74) is 1.68. The molecule has 2 aromatic rings. The molecule has 1 fully saturated rings. The molecule has 1 aliphatic heterocycles. The van der Waals surface area contributed by atoms with Gasteiger partial charge in [0.1, 0.15) is 6.54 Å². The minimum atomic E-state index is -0.0582. The van der Waals surface area contributed by atoms with Crippen LogP contribution >= 0.6 is 0 Å². The maximum Gasteiger partial charge on any atom is 0.242 e. The number of rotatable bonds is 4. The Kier molecular flexibility index (Phi) is 4.98. The van der Waals surface area contributed by atoms with Crippen LogP contribution in [0.3, 0.4) is 0 Å². The second-order valence-corrected chi connectivity index (χ2v) is 7.64. The summed E-state index contributed by atoms with van der Waals surface area (Å²) in [6.45, 7) is 8.39. The van der Waals surface area contributed by atoms with Gasteiger partial charge in [0.05, 0.1) is 0 Å². The second kappa shape index (κ2) is 7.03. The molecule has 0 saturated carbocycles. The average Bonchev–Trinajstić information content (AvgIpc) is 2.92. The van der Waals surface area contributed by atoms with Crippen LogP contribution in [0.1, 0.15) is 57.3 Å². The van der Waals surface area contributed by atoms with E-state index >= 15 is 0 Å². The number of fused-ring (bicyclic) bond motifs is 1. The lowest BCUT2D eigenvalue weighted by Crippen LogP contribution is -2.48. The number of Topliss-reactive ketones (excluding diaryl/α,β-unsaturated/α-hetero) is 1. The minimum Gasteiger partial charge on any atom is -0.337 e. The van der Waals surface area contributed by atoms with Crippen LogP contribution in [-0.2, 0) is 11.3 Å². The van der Waals surface area contributed by atoms with E-state index in [2.05, 4.69) is 13.8 Å². The monoisotopic (exact) mass is 340 g/mol. The lowest BCUT2D eigenvalue weighted by Gasteiger charge is -2.39. The smallest absolute Gasteiger partial charge is 0.242 e. The van der Waals surface area contributed by atoms with E-state index in [1.54, 1.807) is 0 Å². The molecule has 3 rings (SSSR count). The Morgan fingerprint density at radius 1 is 1.12 bits per heavy atom. The topological polar surface area (TPSA) is 42.3 Å². The lowest BCUT2D eigenvalue weighted by atomic mass is 9.97. The van der Waals surface area contributed by atoms with Crippen LogP contribution in [-0.4, -0.2) is 33.2 Å². The number of hydrogen-bond donors (Lipinski definition) is 0. The number of carbonyl (C=O) groups is 2. The molecule has 134 valence electrons. The van der Waals surface area contributed by atoms with E-state index < -0.39 is 0 Å². The standard InChI is InChI=1S/C21H28N2O2/c1-14(2)21(25)18-12-22(19-11-6-5-10-17(18)19)13-20(24)23-15(3)8-7-9-16(23)4/h5-6,10-12,14-16H,7-9,13H2,1-4H3/t15-,16-/m1/s1. The summed E-state index contributed by atoms with van der Waals surface area (Å²) in [5, 5.41) is 0.939. The molecule has 25 heavy (non-hydrogen) atoms.